The summed E-state index contributed by atoms with van der Waals surface area (Å²) in [5.74, 6) is -0.249. The third-order valence-corrected chi connectivity index (χ3v) is 3.19. The molecule has 1 atom stereocenters. The van der Waals surface area contributed by atoms with Crippen molar-refractivity contribution >= 4 is 0 Å². The summed E-state index contributed by atoms with van der Waals surface area (Å²) < 4.78 is 13.8. The van der Waals surface area contributed by atoms with Crippen molar-refractivity contribution in [1.29, 1.82) is 0 Å². The van der Waals surface area contributed by atoms with Gasteiger partial charge in [0, 0.05) is 17.8 Å². The van der Waals surface area contributed by atoms with E-state index in [1.807, 2.05) is 6.92 Å². The summed E-state index contributed by atoms with van der Waals surface area (Å²) in [6.45, 7) is 4.90. The number of benzene rings is 1. The number of halogens is 1. The molecule has 0 radical (unpaired) electrons. The lowest BCUT2D eigenvalue weighted by molar-refractivity contribution is 0.507. The molecule has 1 aromatic carbocycles. The normalized spacial score (nSPS) is 12.4. The van der Waals surface area contributed by atoms with Gasteiger partial charge in [0.1, 0.15) is 5.82 Å². The molecule has 0 aliphatic carbocycles. The number of hydrogen-bond donors (Lipinski definition) is 1. The second-order valence-electron chi connectivity index (χ2n) is 4.70. The Balaban J connectivity index is 2.21. The van der Waals surface area contributed by atoms with Gasteiger partial charge >= 0.3 is 0 Å². The van der Waals surface area contributed by atoms with Crippen LogP contribution in [0.25, 0.3) is 0 Å². The Morgan fingerprint density at radius 1 is 1.21 bits per heavy atom. The Bertz CT molecular complexity index is 523. The van der Waals surface area contributed by atoms with E-state index in [2.05, 4.69) is 41.5 Å². The monoisotopic (exact) mass is 258 g/mol. The smallest absolute Gasteiger partial charge is 0.146 e. The van der Waals surface area contributed by atoms with E-state index in [0.717, 1.165) is 13.0 Å². The number of nitrogens with zero attached hydrogens (tertiary/aromatic N) is 1. The van der Waals surface area contributed by atoms with E-state index >= 15 is 0 Å². The van der Waals surface area contributed by atoms with Gasteiger partial charge in [0.25, 0.3) is 0 Å². The molecule has 0 spiro atoms. The van der Waals surface area contributed by atoms with E-state index in [1.165, 1.54) is 17.3 Å². The molecule has 2 aromatic rings. The summed E-state index contributed by atoms with van der Waals surface area (Å²) >= 11 is 0. The van der Waals surface area contributed by atoms with Gasteiger partial charge in [0.2, 0.25) is 0 Å². The molecular formula is C16H19FN2. The van der Waals surface area contributed by atoms with Gasteiger partial charge in [-0.3, -0.25) is 4.98 Å². The first-order chi connectivity index (χ1) is 9.20. The minimum atomic E-state index is -0.249. The minimum absolute atomic E-state index is 0.0179. The topological polar surface area (TPSA) is 24.9 Å². The van der Waals surface area contributed by atoms with Gasteiger partial charge in [-0.15, -0.1) is 0 Å². The molecule has 0 aliphatic heterocycles. The van der Waals surface area contributed by atoms with E-state index in [9.17, 15) is 4.39 Å². The molecule has 0 saturated heterocycles. The number of hydrogen-bond acceptors (Lipinski definition) is 2. The molecule has 0 fully saturated rings. The molecule has 0 saturated carbocycles. The third-order valence-electron chi connectivity index (χ3n) is 3.19. The highest BCUT2D eigenvalue weighted by Crippen LogP contribution is 2.20. The molecule has 0 amide bonds. The van der Waals surface area contributed by atoms with Crippen LogP contribution < -0.4 is 5.32 Å². The van der Waals surface area contributed by atoms with Crippen molar-refractivity contribution in [2.75, 3.05) is 6.54 Å². The summed E-state index contributed by atoms with van der Waals surface area (Å²) in [5.41, 5.74) is 3.11. The molecule has 3 heteroatoms. The number of rotatable bonds is 5. The second kappa shape index (κ2) is 6.43. The largest absolute Gasteiger partial charge is 0.310 e. The molecule has 1 aromatic heterocycles. The van der Waals surface area contributed by atoms with E-state index in [0.29, 0.717) is 5.56 Å². The average Bonchev–Trinajstić information content (AvgIpc) is 2.41. The number of nitrogens with one attached hydrogen (secondary N) is 1. The van der Waals surface area contributed by atoms with Crippen LogP contribution in [0.5, 0.6) is 0 Å². The maximum atomic E-state index is 13.8. The summed E-state index contributed by atoms with van der Waals surface area (Å²) in [5, 5.41) is 3.34. The van der Waals surface area contributed by atoms with Crippen LogP contribution in [0.3, 0.4) is 0 Å². The highest BCUT2D eigenvalue weighted by atomic mass is 19.1. The van der Waals surface area contributed by atoms with E-state index in [1.54, 1.807) is 12.3 Å². The van der Waals surface area contributed by atoms with Crippen LogP contribution >= 0.6 is 0 Å². The lowest BCUT2D eigenvalue weighted by Crippen LogP contribution is -2.24. The van der Waals surface area contributed by atoms with Crippen LogP contribution in [0.15, 0.2) is 42.7 Å². The van der Waals surface area contributed by atoms with Gasteiger partial charge in [-0.05, 0) is 31.5 Å². The summed E-state index contributed by atoms with van der Waals surface area (Å²) in [6.07, 6.45) is 3.68. The Hall–Kier alpha value is -1.74. The van der Waals surface area contributed by atoms with Crippen molar-refractivity contribution in [2.24, 2.45) is 0 Å². The highest BCUT2D eigenvalue weighted by Gasteiger charge is 2.15. The van der Waals surface area contributed by atoms with Crippen molar-refractivity contribution in [3.8, 4) is 0 Å². The molecule has 2 nitrogen and oxygen atoms in total. The lowest BCUT2D eigenvalue weighted by atomic mass is 9.98. The number of aromatic nitrogens is 1. The fraction of sp³-hybridized carbons (Fsp3) is 0.312. The predicted molar refractivity (Wildman–Crippen MR) is 75.5 cm³/mol. The van der Waals surface area contributed by atoms with Crippen LogP contribution in [0.2, 0.25) is 0 Å². The quantitative estimate of drug-likeness (QED) is 0.888. The minimum Gasteiger partial charge on any atom is -0.310 e. The Labute approximate surface area is 113 Å². The Morgan fingerprint density at radius 2 is 1.95 bits per heavy atom. The van der Waals surface area contributed by atoms with Crippen molar-refractivity contribution in [1.82, 2.24) is 10.3 Å². The third kappa shape index (κ3) is 3.61. The van der Waals surface area contributed by atoms with Crippen molar-refractivity contribution < 1.29 is 4.39 Å². The van der Waals surface area contributed by atoms with E-state index in [-0.39, 0.29) is 11.9 Å². The fourth-order valence-corrected chi connectivity index (χ4v) is 2.17. The van der Waals surface area contributed by atoms with Crippen LogP contribution in [-0.2, 0) is 6.42 Å². The zero-order valence-electron chi connectivity index (χ0n) is 11.4. The maximum Gasteiger partial charge on any atom is 0.146 e. The van der Waals surface area contributed by atoms with Crippen molar-refractivity contribution in [3.05, 3.63) is 65.2 Å². The zero-order valence-corrected chi connectivity index (χ0v) is 11.4. The van der Waals surface area contributed by atoms with Crippen LogP contribution in [0, 0.1) is 12.7 Å². The molecule has 19 heavy (non-hydrogen) atoms. The summed E-state index contributed by atoms with van der Waals surface area (Å²) in [4.78, 5) is 3.80. The van der Waals surface area contributed by atoms with Crippen LogP contribution in [0.4, 0.5) is 4.39 Å². The lowest BCUT2D eigenvalue weighted by Gasteiger charge is -2.19. The van der Waals surface area contributed by atoms with Gasteiger partial charge in [-0.1, -0.05) is 36.8 Å². The molecule has 1 N–H and O–H groups in total. The average molecular weight is 258 g/mol. The molecular weight excluding hydrogens is 239 g/mol. The first-order valence-electron chi connectivity index (χ1n) is 6.59. The standard InChI is InChI=1S/C16H19FN2/c1-3-19-16(14-8-9-18-11-15(14)17)10-13-6-4-12(2)5-7-13/h4-9,11,16,19H,3,10H2,1-2H3. The molecule has 100 valence electrons. The zero-order chi connectivity index (χ0) is 13.7. The maximum absolute atomic E-state index is 13.8. The van der Waals surface area contributed by atoms with E-state index < -0.39 is 0 Å². The van der Waals surface area contributed by atoms with Gasteiger partial charge in [0.15, 0.2) is 0 Å². The van der Waals surface area contributed by atoms with E-state index in [4.69, 9.17) is 0 Å². The summed E-state index contributed by atoms with van der Waals surface area (Å²) in [7, 11) is 0. The molecule has 1 unspecified atom stereocenters. The van der Waals surface area contributed by atoms with Gasteiger partial charge < -0.3 is 5.32 Å². The van der Waals surface area contributed by atoms with Crippen LogP contribution in [0.1, 0.15) is 29.7 Å². The second-order valence-corrected chi connectivity index (χ2v) is 4.70. The molecule has 1 heterocycles. The molecule has 0 aliphatic rings. The van der Waals surface area contributed by atoms with Crippen molar-refractivity contribution in [2.45, 2.75) is 26.3 Å². The van der Waals surface area contributed by atoms with Gasteiger partial charge in [-0.2, -0.15) is 0 Å². The first kappa shape index (κ1) is 13.7. The summed E-state index contributed by atoms with van der Waals surface area (Å²) in [6, 6.07) is 10.1. The van der Waals surface area contributed by atoms with Crippen molar-refractivity contribution in [3.63, 3.8) is 0 Å². The number of aryl methyl sites for hydroxylation is 1. The van der Waals surface area contributed by atoms with Gasteiger partial charge in [0.05, 0.1) is 6.20 Å². The van der Waals surface area contributed by atoms with Crippen LogP contribution in [-0.4, -0.2) is 11.5 Å². The van der Waals surface area contributed by atoms with Gasteiger partial charge in [-0.25, -0.2) is 4.39 Å². The predicted octanol–water partition coefficient (Wildman–Crippen LogP) is 3.42. The Kier molecular flexibility index (Phi) is 4.63. The fourth-order valence-electron chi connectivity index (χ4n) is 2.17. The number of likely N-dealkylation sites (N-methyl/N-ethyl adjacent to an activating group) is 1. The Morgan fingerprint density at radius 3 is 2.58 bits per heavy atom. The first-order valence-corrected chi connectivity index (χ1v) is 6.59. The molecule has 0 bridgehead atoms. The number of pyridine rings is 1. The molecule has 2 rings (SSSR count). The highest BCUT2D eigenvalue weighted by molar-refractivity contribution is 5.25. The SMILES string of the molecule is CCNC(Cc1ccc(C)cc1)c1ccncc1F.